The molecule has 0 amide bonds. The van der Waals surface area contributed by atoms with Crippen molar-refractivity contribution in [1.29, 1.82) is 0 Å². The summed E-state index contributed by atoms with van der Waals surface area (Å²) >= 11 is 8.72. The van der Waals surface area contributed by atoms with Gasteiger partial charge in [0.05, 0.1) is 26.4 Å². The zero-order chi connectivity index (χ0) is 17.3. The first-order valence-electron chi connectivity index (χ1n) is 8.26. The number of ether oxygens (including phenoxy) is 4. The summed E-state index contributed by atoms with van der Waals surface area (Å²) in [6.45, 7) is 2.47. The van der Waals surface area contributed by atoms with Gasteiger partial charge in [-0.25, -0.2) is 0 Å². The second kappa shape index (κ2) is 7.40. The lowest BCUT2D eigenvalue weighted by atomic mass is 9.97. The van der Waals surface area contributed by atoms with Crippen molar-refractivity contribution in [2.45, 2.75) is 18.3 Å². The van der Waals surface area contributed by atoms with Gasteiger partial charge >= 0.3 is 0 Å². The smallest absolute Gasteiger partial charge is 0.224 e. The molecule has 1 atom stereocenters. The summed E-state index contributed by atoms with van der Waals surface area (Å²) in [4.78, 5) is 0. The highest BCUT2D eigenvalue weighted by Crippen LogP contribution is 2.42. The minimum absolute atomic E-state index is 0.129. The standard InChI is InChI=1S/C19H18ClIO4/c20-18-6-3-14(21)11-17(18)19(23-9-10-24-19)13-1-4-15(5-2-13)25-16-7-8-22-12-16/h1-6,11,16H,7-10,12H2/t16-/m0/s1. The van der Waals surface area contributed by atoms with E-state index in [0.717, 1.165) is 33.5 Å². The van der Waals surface area contributed by atoms with Gasteiger partial charge in [-0.2, -0.15) is 0 Å². The molecule has 2 aliphatic heterocycles. The first-order valence-corrected chi connectivity index (χ1v) is 9.71. The van der Waals surface area contributed by atoms with Crippen LogP contribution in [0.3, 0.4) is 0 Å². The Labute approximate surface area is 165 Å². The van der Waals surface area contributed by atoms with Crippen molar-refractivity contribution in [2.24, 2.45) is 0 Å². The SMILES string of the molecule is Clc1ccc(I)cc1C1(c2ccc(O[C@H]3CCOC3)cc2)OCCO1. The molecule has 0 spiro atoms. The number of benzene rings is 2. The van der Waals surface area contributed by atoms with Gasteiger partial charge in [-0.1, -0.05) is 11.6 Å². The highest BCUT2D eigenvalue weighted by molar-refractivity contribution is 14.1. The van der Waals surface area contributed by atoms with Crippen molar-refractivity contribution in [2.75, 3.05) is 26.4 Å². The second-order valence-corrected chi connectivity index (χ2v) is 7.72. The molecule has 2 fully saturated rings. The molecule has 4 nitrogen and oxygen atoms in total. The van der Waals surface area contributed by atoms with Crippen molar-refractivity contribution < 1.29 is 18.9 Å². The maximum absolute atomic E-state index is 6.46. The molecule has 0 saturated carbocycles. The number of rotatable bonds is 4. The maximum atomic E-state index is 6.46. The van der Waals surface area contributed by atoms with Crippen LogP contribution in [0.1, 0.15) is 17.5 Å². The van der Waals surface area contributed by atoms with Gasteiger partial charge in [0.25, 0.3) is 0 Å². The molecule has 2 aromatic carbocycles. The summed E-state index contributed by atoms with van der Waals surface area (Å²) in [5.74, 6) is -0.145. The van der Waals surface area contributed by atoms with E-state index < -0.39 is 5.79 Å². The zero-order valence-electron chi connectivity index (χ0n) is 13.5. The van der Waals surface area contributed by atoms with Crippen LogP contribution in [0, 0.1) is 3.57 Å². The van der Waals surface area contributed by atoms with E-state index in [1.165, 1.54) is 0 Å². The molecule has 2 saturated heterocycles. The van der Waals surface area contributed by atoms with E-state index in [1.54, 1.807) is 0 Å². The molecule has 0 bridgehead atoms. The molecule has 0 N–H and O–H groups in total. The monoisotopic (exact) mass is 472 g/mol. The maximum Gasteiger partial charge on any atom is 0.224 e. The molecule has 2 heterocycles. The van der Waals surface area contributed by atoms with Crippen LogP contribution >= 0.6 is 34.2 Å². The molecular weight excluding hydrogens is 455 g/mol. The third-order valence-electron chi connectivity index (χ3n) is 4.40. The van der Waals surface area contributed by atoms with E-state index in [2.05, 4.69) is 22.6 Å². The highest BCUT2D eigenvalue weighted by atomic mass is 127. The van der Waals surface area contributed by atoms with Crippen molar-refractivity contribution in [3.8, 4) is 5.75 Å². The lowest BCUT2D eigenvalue weighted by molar-refractivity contribution is -0.129. The van der Waals surface area contributed by atoms with Crippen LogP contribution < -0.4 is 4.74 Å². The fraction of sp³-hybridized carbons (Fsp3) is 0.368. The van der Waals surface area contributed by atoms with Crippen molar-refractivity contribution in [3.63, 3.8) is 0 Å². The third-order valence-corrected chi connectivity index (χ3v) is 5.40. The molecule has 0 radical (unpaired) electrons. The Balaban J connectivity index is 1.65. The molecule has 4 rings (SSSR count). The molecule has 6 heteroatoms. The van der Waals surface area contributed by atoms with Gasteiger partial charge in [0.1, 0.15) is 11.9 Å². The summed E-state index contributed by atoms with van der Waals surface area (Å²) in [6, 6.07) is 13.7. The third kappa shape index (κ3) is 3.53. The van der Waals surface area contributed by atoms with E-state index in [1.807, 2.05) is 42.5 Å². The molecule has 0 aromatic heterocycles. The predicted octanol–water partition coefficient (Wildman–Crippen LogP) is 4.36. The van der Waals surface area contributed by atoms with Crippen LogP contribution in [-0.2, 0) is 20.0 Å². The topological polar surface area (TPSA) is 36.9 Å². The molecular formula is C19H18ClIO4. The quantitative estimate of drug-likeness (QED) is 0.620. The summed E-state index contributed by atoms with van der Waals surface area (Å²) in [5, 5.41) is 0.630. The van der Waals surface area contributed by atoms with Gasteiger partial charge in [-0.3, -0.25) is 0 Å². The average molecular weight is 473 g/mol. The van der Waals surface area contributed by atoms with E-state index >= 15 is 0 Å². The minimum Gasteiger partial charge on any atom is -0.488 e. The van der Waals surface area contributed by atoms with Crippen molar-refractivity contribution in [1.82, 2.24) is 0 Å². The van der Waals surface area contributed by atoms with Crippen LogP contribution in [0.15, 0.2) is 42.5 Å². The minimum atomic E-state index is -0.965. The lowest BCUT2D eigenvalue weighted by Gasteiger charge is -2.29. The Morgan fingerprint density at radius 1 is 1.04 bits per heavy atom. The largest absolute Gasteiger partial charge is 0.488 e. The first-order chi connectivity index (χ1) is 12.2. The number of hydrogen-bond acceptors (Lipinski definition) is 4. The Hall–Kier alpha value is -0.860. The van der Waals surface area contributed by atoms with Gasteiger partial charge < -0.3 is 18.9 Å². The molecule has 25 heavy (non-hydrogen) atoms. The normalized spacial score (nSPS) is 22.2. The number of hydrogen-bond donors (Lipinski definition) is 0. The molecule has 2 aromatic rings. The summed E-state index contributed by atoms with van der Waals surface area (Å²) < 4.78 is 24.5. The Bertz CT molecular complexity index is 738. The van der Waals surface area contributed by atoms with Crippen LogP contribution in [0.2, 0.25) is 5.02 Å². The Morgan fingerprint density at radius 3 is 2.48 bits per heavy atom. The molecule has 0 unspecified atom stereocenters. The highest BCUT2D eigenvalue weighted by Gasteiger charge is 2.42. The molecule has 2 aliphatic rings. The summed E-state index contributed by atoms with van der Waals surface area (Å²) in [5.41, 5.74) is 1.74. The van der Waals surface area contributed by atoms with Crippen LogP contribution in [-0.4, -0.2) is 32.5 Å². The van der Waals surface area contributed by atoms with Crippen molar-refractivity contribution >= 4 is 34.2 Å². The fourth-order valence-electron chi connectivity index (χ4n) is 3.19. The molecule has 132 valence electrons. The Morgan fingerprint density at radius 2 is 1.80 bits per heavy atom. The van der Waals surface area contributed by atoms with Gasteiger partial charge in [-0.15, -0.1) is 0 Å². The van der Waals surface area contributed by atoms with Crippen LogP contribution in [0.4, 0.5) is 0 Å². The Kier molecular flexibility index (Phi) is 5.20. The van der Waals surface area contributed by atoms with Crippen LogP contribution in [0.5, 0.6) is 5.75 Å². The van der Waals surface area contributed by atoms with E-state index in [4.69, 9.17) is 30.5 Å². The van der Waals surface area contributed by atoms with Crippen LogP contribution in [0.25, 0.3) is 0 Å². The van der Waals surface area contributed by atoms with E-state index in [9.17, 15) is 0 Å². The summed E-state index contributed by atoms with van der Waals surface area (Å²) in [6.07, 6.45) is 1.06. The molecule has 0 aliphatic carbocycles. The number of halogens is 2. The van der Waals surface area contributed by atoms with Crippen molar-refractivity contribution in [3.05, 3.63) is 62.2 Å². The van der Waals surface area contributed by atoms with E-state index in [-0.39, 0.29) is 6.10 Å². The summed E-state index contributed by atoms with van der Waals surface area (Å²) in [7, 11) is 0. The van der Waals surface area contributed by atoms with Gasteiger partial charge in [0, 0.05) is 26.1 Å². The van der Waals surface area contributed by atoms with Gasteiger partial charge in [0.2, 0.25) is 5.79 Å². The average Bonchev–Trinajstić information content (AvgIpc) is 3.30. The fourth-order valence-corrected chi connectivity index (χ4v) is 3.92. The van der Waals surface area contributed by atoms with E-state index in [0.29, 0.717) is 24.8 Å². The lowest BCUT2D eigenvalue weighted by Crippen LogP contribution is -2.29. The predicted molar refractivity (Wildman–Crippen MR) is 103 cm³/mol. The van der Waals surface area contributed by atoms with Gasteiger partial charge in [-0.05, 0) is 65.1 Å². The zero-order valence-corrected chi connectivity index (χ0v) is 16.5. The van der Waals surface area contributed by atoms with Gasteiger partial charge in [0.15, 0.2) is 0 Å². The first kappa shape index (κ1) is 17.5. The second-order valence-electron chi connectivity index (χ2n) is 6.07.